The van der Waals surface area contributed by atoms with Crippen molar-refractivity contribution < 1.29 is 19.1 Å². The van der Waals surface area contributed by atoms with E-state index in [9.17, 15) is 14.4 Å². The Morgan fingerprint density at radius 2 is 1.62 bits per heavy atom. The summed E-state index contributed by atoms with van der Waals surface area (Å²) in [5, 5.41) is 5.56. The number of esters is 1. The molecular weight excluding hydrogens is 388 g/mol. The maximum atomic E-state index is 12.6. The second kappa shape index (κ2) is 11.3. The van der Waals surface area contributed by atoms with E-state index in [4.69, 9.17) is 4.74 Å². The lowest BCUT2D eigenvalue weighted by Crippen LogP contribution is -2.35. The Balaban J connectivity index is 1.92. The Bertz CT molecular complexity index is 840. The van der Waals surface area contributed by atoms with Gasteiger partial charge in [0, 0.05) is 17.5 Å². The molecule has 6 nitrogen and oxygen atoms in total. The van der Waals surface area contributed by atoms with Gasteiger partial charge in [0.15, 0.2) is 6.10 Å². The normalized spacial score (nSPS) is 11.6. The van der Waals surface area contributed by atoms with E-state index in [1.807, 2.05) is 44.2 Å². The average Bonchev–Trinajstić information content (AvgIpc) is 2.70. The molecule has 2 amide bonds. The molecule has 0 saturated heterocycles. The van der Waals surface area contributed by atoms with Crippen molar-refractivity contribution >= 4 is 29.5 Å². The average molecular weight is 415 g/mol. The van der Waals surface area contributed by atoms with Gasteiger partial charge < -0.3 is 15.4 Å². The summed E-state index contributed by atoms with van der Waals surface area (Å²) in [6.45, 7) is 5.67. The van der Waals surface area contributed by atoms with Crippen molar-refractivity contribution in [2.75, 3.05) is 5.75 Å². The quantitative estimate of drug-likeness (QED) is 0.486. The molecule has 2 rings (SSSR count). The van der Waals surface area contributed by atoms with Crippen LogP contribution in [0.4, 0.5) is 0 Å². The number of amides is 2. The first-order chi connectivity index (χ1) is 13.9. The molecule has 0 fully saturated rings. The van der Waals surface area contributed by atoms with Crippen molar-refractivity contribution in [3.63, 3.8) is 0 Å². The Kier molecular flexibility index (Phi) is 8.73. The van der Waals surface area contributed by atoms with Gasteiger partial charge >= 0.3 is 5.97 Å². The third kappa shape index (κ3) is 7.62. The largest absolute Gasteiger partial charge is 0.449 e. The number of benzene rings is 2. The van der Waals surface area contributed by atoms with Gasteiger partial charge in [0.05, 0.1) is 11.3 Å². The summed E-state index contributed by atoms with van der Waals surface area (Å²) >= 11 is 1.26. The number of nitrogens with one attached hydrogen (secondary N) is 2. The predicted octanol–water partition coefficient (Wildman–Crippen LogP) is 3.17. The molecule has 0 unspecified atom stereocenters. The zero-order chi connectivity index (χ0) is 21.2. The van der Waals surface area contributed by atoms with Crippen molar-refractivity contribution in [3.8, 4) is 0 Å². The van der Waals surface area contributed by atoms with E-state index in [1.54, 1.807) is 24.3 Å². The van der Waals surface area contributed by atoms with E-state index in [0.717, 1.165) is 5.56 Å². The number of carbonyl (C=O) groups excluding carboxylic acids is 3. The Morgan fingerprint density at radius 3 is 2.31 bits per heavy atom. The number of thioether (sulfide) groups is 1. The summed E-state index contributed by atoms with van der Waals surface area (Å²) in [6, 6.07) is 16.4. The van der Waals surface area contributed by atoms with Crippen LogP contribution in [0.2, 0.25) is 0 Å². The third-order valence-electron chi connectivity index (χ3n) is 3.88. The second-order valence-electron chi connectivity index (χ2n) is 6.76. The van der Waals surface area contributed by atoms with E-state index < -0.39 is 12.1 Å². The summed E-state index contributed by atoms with van der Waals surface area (Å²) < 4.78 is 5.33. The lowest BCUT2D eigenvalue weighted by atomic mass is 10.2. The summed E-state index contributed by atoms with van der Waals surface area (Å²) in [4.78, 5) is 37.3. The molecule has 0 spiro atoms. The molecular formula is C22H26N2O4S. The zero-order valence-electron chi connectivity index (χ0n) is 16.8. The minimum absolute atomic E-state index is 0.0542. The molecule has 0 aliphatic heterocycles. The molecule has 2 N–H and O–H groups in total. The van der Waals surface area contributed by atoms with Gasteiger partial charge in [-0.2, -0.15) is 0 Å². The first-order valence-corrected chi connectivity index (χ1v) is 10.4. The van der Waals surface area contributed by atoms with Crippen molar-refractivity contribution in [2.24, 2.45) is 0 Å². The van der Waals surface area contributed by atoms with Crippen LogP contribution in [0, 0.1) is 0 Å². The van der Waals surface area contributed by atoms with E-state index in [0.29, 0.717) is 17.0 Å². The van der Waals surface area contributed by atoms with Crippen LogP contribution in [0.15, 0.2) is 59.5 Å². The van der Waals surface area contributed by atoms with Crippen molar-refractivity contribution in [3.05, 3.63) is 65.7 Å². The molecule has 0 heterocycles. The maximum absolute atomic E-state index is 12.6. The van der Waals surface area contributed by atoms with Crippen LogP contribution >= 0.6 is 11.8 Å². The number of carbonyl (C=O) groups is 3. The van der Waals surface area contributed by atoms with Gasteiger partial charge in [-0.25, -0.2) is 4.79 Å². The van der Waals surface area contributed by atoms with Crippen LogP contribution in [-0.2, 0) is 20.9 Å². The summed E-state index contributed by atoms with van der Waals surface area (Å²) in [5.74, 6) is -0.888. The zero-order valence-corrected chi connectivity index (χ0v) is 17.6. The van der Waals surface area contributed by atoms with Crippen molar-refractivity contribution in [1.29, 1.82) is 0 Å². The van der Waals surface area contributed by atoms with Crippen LogP contribution in [0.25, 0.3) is 0 Å². The van der Waals surface area contributed by atoms with Crippen LogP contribution in [0.1, 0.15) is 36.7 Å². The molecule has 1 atom stereocenters. The van der Waals surface area contributed by atoms with Crippen LogP contribution < -0.4 is 10.6 Å². The fourth-order valence-electron chi connectivity index (χ4n) is 2.47. The summed E-state index contributed by atoms with van der Waals surface area (Å²) in [7, 11) is 0. The number of hydrogen-bond acceptors (Lipinski definition) is 5. The molecule has 0 aromatic heterocycles. The van der Waals surface area contributed by atoms with Gasteiger partial charge in [-0.3, -0.25) is 9.59 Å². The molecule has 2 aromatic carbocycles. The van der Waals surface area contributed by atoms with E-state index in [-0.39, 0.29) is 23.6 Å². The first-order valence-electron chi connectivity index (χ1n) is 9.40. The Morgan fingerprint density at radius 1 is 0.966 bits per heavy atom. The smallest absolute Gasteiger partial charge is 0.340 e. The minimum atomic E-state index is -0.937. The van der Waals surface area contributed by atoms with Gasteiger partial charge in [0.2, 0.25) is 5.91 Å². The Labute approximate surface area is 175 Å². The highest BCUT2D eigenvalue weighted by Crippen LogP contribution is 2.23. The van der Waals surface area contributed by atoms with E-state index >= 15 is 0 Å². The van der Waals surface area contributed by atoms with Crippen LogP contribution in [0.5, 0.6) is 0 Å². The van der Waals surface area contributed by atoms with E-state index in [2.05, 4.69) is 10.6 Å². The fraction of sp³-hybridized carbons (Fsp3) is 0.318. The Hall–Kier alpha value is -2.80. The molecule has 0 radical (unpaired) electrons. The SMILES string of the molecule is CC(C)NC(=O)CSc1ccccc1C(=O)O[C@H](C)C(=O)NCc1ccccc1. The summed E-state index contributed by atoms with van der Waals surface area (Å²) in [5.41, 5.74) is 1.29. The van der Waals surface area contributed by atoms with Gasteiger partial charge in [0.1, 0.15) is 0 Å². The highest BCUT2D eigenvalue weighted by atomic mass is 32.2. The molecule has 2 aromatic rings. The second-order valence-corrected chi connectivity index (χ2v) is 7.78. The van der Waals surface area contributed by atoms with Crippen molar-refractivity contribution in [2.45, 2.75) is 44.4 Å². The molecule has 7 heteroatoms. The van der Waals surface area contributed by atoms with E-state index in [1.165, 1.54) is 18.7 Å². The van der Waals surface area contributed by atoms with Gasteiger partial charge in [0.25, 0.3) is 5.91 Å². The fourth-order valence-corrected chi connectivity index (χ4v) is 3.33. The van der Waals surface area contributed by atoms with Gasteiger partial charge in [-0.1, -0.05) is 42.5 Å². The lowest BCUT2D eigenvalue weighted by Gasteiger charge is -2.15. The number of hydrogen-bond donors (Lipinski definition) is 2. The molecule has 0 aliphatic carbocycles. The lowest BCUT2D eigenvalue weighted by molar-refractivity contribution is -0.129. The summed E-state index contributed by atoms with van der Waals surface area (Å²) in [6.07, 6.45) is -0.937. The molecule has 29 heavy (non-hydrogen) atoms. The number of rotatable bonds is 9. The molecule has 154 valence electrons. The highest BCUT2D eigenvalue weighted by molar-refractivity contribution is 8.00. The number of ether oxygens (including phenoxy) is 1. The highest BCUT2D eigenvalue weighted by Gasteiger charge is 2.21. The van der Waals surface area contributed by atoms with Gasteiger partial charge in [-0.15, -0.1) is 11.8 Å². The van der Waals surface area contributed by atoms with Crippen molar-refractivity contribution in [1.82, 2.24) is 10.6 Å². The monoisotopic (exact) mass is 414 g/mol. The predicted molar refractivity (Wildman–Crippen MR) is 114 cm³/mol. The minimum Gasteiger partial charge on any atom is -0.449 e. The first kappa shape index (κ1) is 22.5. The molecule has 0 aliphatic rings. The maximum Gasteiger partial charge on any atom is 0.340 e. The standard InChI is InChI=1S/C22H26N2O4S/c1-15(2)24-20(25)14-29-19-12-8-7-11-18(19)22(27)28-16(3)21(26)23-13-17-9-5-4-6-10-17/h4-12,15-16H,13-14H2,1-3H3,(H,23,26)(H,24,25)/t16-/m1/s1. The van der Waals surface area contributed by atoms with Gasteiger partial charge in [-0.05, 0) is 38.5 Å². The molecule has 0 saturated carbocycles. The molecule has 0 bridgehead atoms. The third-order valence-corrected chi connectivity index (χ3v) is 4.95. The topological polar surface area (TPSA) is 84.5 Å². The van der Waals surface area contributed by atoms with Crippen LogP contribution in [0.3, 0.4) is 0 Å². The van der Waals surface area contributed by atoms with Crippen LogP contribution in [-0.4, -0.2) is 35.7 Å².